The third kappa shape index (κ3) is 5.36. The predicted molar refractivity (Wildman–Crippen MR) is 91.3 cm³/mol. The average molecular weight is 436 g/mol. The van der Waals surface area contributed by atoms with E-state index in [0.29, 0.717) is 0 Å². The third-order valence-electron chi connectivity index (χ3n) is 4.24. The molecular formula is C17H19F2LiN4O7. The van der Waals surface area contributed by atoms with E-state index in [9.17, 15) is 28.3 Å². The van der Waals surface area contributed by atoms with Gasteiger partial charge in [0.1, 0.15) is 17.6 Å². The van der Waals surface area contributed by atoms with Crippen LogP contribution in [0, 0.1) is 0 Å². The summed E-state index contributed by atoms with van der Waals surface area (Å²) >= 11 is 0. The molecule has 0 aromatic carbocycles. The van der Waals surface area contributed by atoms with Crippen molar-refractivity contribution in [2.75, 3.05) is 13.1 Å². The van der Waals surface area contributed by atoms with E-state index in [1.807, 2.05) is 0 Å². The fraction of sp³-hybridized carbons (Fsp3) is 0.529. The fourth-order valence-electron chi connectivity index (χ4n) is 3.05. The number of alkyl carbamates (subject to hydrolysis) is 1. The number of halogens is 2. The molecule has 0 spiro atoms. The van der Waals surface area contributed by atoms with E-state index in [-0.39, 0.29) is 48.3 Å². The Labute approximate surface area is 187 Å². The molecule has 1 aromatic rings. The number of carbonyl (C=O) groups is 3. The molecule has 3 rings (SSSR count). The maximum atomic E-state index is 13.6. The molecule has 164 valence electrons. The van der Waals surface area contributed by atoms with E-state index < -0.39 is 41.9 Å². The van der Waals surface area contributed by atoms with Crippen LogP contribution >= 0.6 is 0 Å². The van der Waals surface area contributed by atoms with Crippen molar-refractivity contribution in [3.8, 4) is 0 Å². The molecule has 2 atom stereocenters. The first-order valence-electron chi connectivity index (χ1n) is 8.84. The Balaban J connectivity index is 0.00000341. The van der Waals surface area contributed by atoms with Gasteiger partial charge in [0.15, 0.2) is 12.2 Å². The first-order valence-corrected chi connectivity index (χ1v) is 8.84. The molecule has 1 saturated heterocycles. The number of nitrogens with zero attached hydrogens (tertiary/aromatic N) is 3. The van der Waals surface area contributed by atoms with Gasteiger partial charge in [0, 0.05) is 12.1 Å². The Kier molecular flexibility index (Phi) is 7.04. The number of fused-ring (bicyclic) bond motifs is 2. The number of urea groups is 1. The maximum absolute atomic E-state index is 13.6. The summed E-state index contributed by atoms with van der Waals surface area (Å²) in [5.74, 6) is -2.62. The van der Waals surface area contributed by atoms with Crippen molar-refractivity contribution in [1.29, 1.82) is 0 Å². The van der Waals surface area contributed by atoms with Crippen LogP contribution in [0.5, 0.6) is 0 Å². The topological polar surface area (TPSA) is 137 Å². The largest absolute Gasteiger partial charge is 1.00 e. The minimum atomic E-state index is -4.73. The summed E-state index contributed by atoms with van der Waals surface area (Å²) in [5.41, 5.74) is -0.479. The van der Waals surface area contributed by atoms with E-state index in [4.69, 9.17) is 9.15 Å². The number of rotatable bonds is 6. The number of aliphatic carboxylic acids is 1. The third-order valence-corrected chi connectivity index (χ3v) is 4.24. The molecule has 3 heterocycles. The van der Waals surface area contributed by atoms with E-state index in [1.54, 1.807) is 20.8 Å². The van der Waals surface area contributed by atoms with Gasteiger partial charge in [0.2, 0.25) is 0 Å². The molecule has 2 aliphatic heterocycles. The van der Waals surface area contributed by atoms with Gasteiger partial charge >= 0.3 is 37.1 Å². The molecule has 1 fully saturated rings. The number of carboxylic acid groups (broad SMARTS) is 1. The van der Waals surface area contributed by atoms with Gasteiger partial charge in [-0.2, -0.15) is 18.7 Å². The first kappa shape index (κ1) is 24.6. The van der Waals surface area contributed by atoms with Gasteiger partial charge < -0.3 is 29.3 Å². The molecule has 1 N–H and O–H groups in total. The van der Waals surface area contributed by atoms with Gasteiger partial charge in [-0.05, 0) is 20.8 Å². The van der Waals surface area contributed by atoms with Crippen LogP contribution in [0.2, 0.25) is 0 Å². The average Bonchev–Trinajstić information content (AvgIpc) is 3.23. The summed E-state index contributed by atoms with van der Waals surface area (Å²) in [4.78, 5) is 44.3. The van der Waals surface area contributed by atoms with Crippen LogP contribution < -0.4 is 29.3 Å². The first-order chi connectivity index (χ1) is 13.9. The molecule has 0 saturated carbocycles. The van der Waals surface area contributed by atoms with Gasteiger partial charge in [0.05, 0.1) is 18.8 Å². The predicted octanol–water partition coefficient (Wildman–Crippen LogP) is -2.65. The number of oxazole rings is 1. The molecule has 14 heteroatoms. The van der Waals surface area contributed by atoms with Gasteiger partial charge in [-0.3, -0.25) is 0 Å². The van der Waals surface area contributed by atoms with Crippen LogP contribution in [0.15, 0.2) is 23.1 Å². The monoisotopic (exact) mass is 436 g/mol. The van der Waals surface area contributed by atoms with Crippen LogP contribution in [0.1, 0.15) is 26.5 Å². The van der Waals surface area contributed by atoms with Crippen LogP contribution in [0.3, 0.4) is 0 Å². The number of alkyl halides is 2. The van der Waals surface area contributed by atoms with Crippen LogP contribution in [-0.4, -0.2) is 69.9 Å². The number of carbonyl (C=O) groups excluding carboxylic acids is 3. The summed E-state index contributed by atoms with van der Waals surface area (Å²) in [5, 5.41) is 13.4. The van der Waals surface area contributed by atoms with Crippen molar-refractivity contribution >= 4 is 23.7 Å². The Hall–Kier alpha value is -2.62. The maximum Gasteiger partial charge on any atom is 1.00 e. The van der Waals surface area contributed by atoms with E-state index in [0.717, 1.165) is 11.3 Å². The van der Waals surface area contributed by atoms with Crippen molar-refractivity contribution < 1.29 is 61.1 Å². The molecule has 0 radical (unpaired) electrons. The molecule has 31 heavy (non-hydrogen) atoms. The number of hydroxylamine groups is 2. The van der Waals surface area contributed by atoms with Crippen molar-refractivity contribution in [2.24, 2.45) is 0 Å². The summed E-state index contributed by atoms with van der Waals surface area (Å²) < 4.78 is 37.5. The summed E-state index contributed by atoms with van der Waals surface area (Å²) in [7, 11) is 0. The Morgan fingerprint density at radius 1 is 1.39 bits per heavy atom. The number of aromatic nitrogens is 1. The molecular weight excluding hydrogens is 417 g/mol. The number of hydrogen-bond acceptors (Lipinski definition) is 8. The fourth-order valence-corrected chi connectivity index (χ4v) is 3.05. The Morgan fingerprint density at radius 2 is 2.06 bits per heavy atom. The molecule has 0 unspecified atom stereocenters. The van der Waals surface area contributed by atoms with E-state index in [2.05, 4.69) is 15.1 Å². The number of ether oxygens (including phenoxy) is 1. The summed E-state index contributed by atoms with van der Waals surface area (Å²) in [6, 6.07) is -2.87. The van der Waals surface area contributed by atoms with Gasteiger partial charge in [-0.1, -0.05) is 6.08 Å². The van der Waals surface area contributed by atoms with Crippen LogP contribution in [-0.2, 0) is 14.4 Å². The Morgan fingerprint density at radius 3 is 2.61 bits per heavy atom. The second-order valence-corrected chi connectivity index (χ2v) is 7.61. The number of carboxylic acids is 1. The molecule has 1 aromatic heterocycles. The zero-order valence-corrected chi connectivity index (χ0v) is 17.3. The quantitative estimate of drug-likeness (QED) is 0.478. The molecule has 3 amide bonds. The minimum absolute atomic E-state index is 0. The van der Waals surface area contributed by atoms with Crippen LogP contribution in [0.25, 0.3) is 5.57 Å². The van der Waals surface area contributed by atoms with E-state index >= 15 is 0 Å². The van der Waals surface area contributed by atoms with Gasteiger partial charge in [-0.25, -0.2) is 14.6 Å². The summed E-state index contributed by atoms with van der Waals surface area (Å²) in [6.45, 7) is 4.81. The zero-order valence-electron chi connectivity index (χ0n) is 17.3. The van der Waals surface area contributed by atoms with Gasteiger partial charge in [-0.15, -0.1) is 0 Å². The second-order valence-electron chi connectivity index (χ2n) is 7.61. The van der Waals surface area contributed by atoms with Crippen molar-refractivity contribution in [3.05, 3.63) is 24.4 Å². The van der Waals surface area contributed by atoms with Crippen molar-refractivity contribution in [3.63, 3.8) is 0 Å². The number of nitrogens with one attached hydrogen (secondary N) is 1. The van der Waals surface area contributed by atoms with E-state index in [1.165, 1.54) is 12.3 Å². The normalized spacial score (nSPS) is 20.8. The molecule has 11 nitrogen and oxygen atoms in total. The van der Waals surface area contributed by atoms with Crippen molar-refractivity contribution in [1.82, 2.24) is 20.3 Å². The number of amides is 3. The minimum Gasteiger partial charge on any atom is -0.542 e. The van der Waals surface area contributed by atoms with Crippen molar-refractivity contribution in [2.45, 2.75) is 44.6 Å². The standard InChI is InChI=1S/C17H20F2N4O7.Li/c1-16(2,3)29-14(26)21-5-9-4-10(12-6-20-8-28-12)11-7-22(9)15(27)23(11)30-17(18,19)13(24)25;/h4,6,8-9,11H,5,7H2,1-3H3,(H,21,26)(H,24,25);/q;+1/p-1/t9-,11+;/m1./s1. The van der Waals surface area contributed by atoms with Gasteiger partial charge in [0.25, 0.3) is 0 Å². The molecule has 0 aliphatic carbocycles. The molecule has 2 bridgehead atoms. The molecule has 2 aliphatic rings. The van der Waals surface area contributed by atoms with Crippen LogP contribution in [0.4, 0.5) is 18.4 Å². The Bertz CT molecular complexity index is 872. The SMILES string of the molecule is CC(C)(C)OC(=O)NC[C@H]1C=C(c2cnco2)[C@@H]2CN1C(=O)N2OC(F)(F)C(=O)[O-].[Li+]. The smallest absolute Gasteiger partial charge is 0.542 e. The number of hydrogen-bond donors (Lipinski definition) is 1. The summed E-state index contributed by atoms with van der Waals surface area (Å²) in [6.07, 6.45) is -1.54. The second kappa shape index (κ2) is 8.86. The zero-order chi connectivity index (χ0) is 22.3.